The van der Waals surface area contributed by atoms with Crippen molar-refractivity contribution >= 4 is 5.78 Å². The number of hydrogen-bond donors (Lipinski definition) is 0. The van der Waals surface area contributed by atoms with Gasteiger partial charge in [-0.3, -0.25) is 4.79 Å². The molecule has 0 aliphatic carbocycles. The number of rotatable bonds is 2. The summed E-state index contributed by atoms with van der Waals surface area (Å²) in [5.74, 6) is 0.0862. The van der Waals surface area contributed by atoms with Crippen LogP contribution >= 0.6 is 0 Å². The quantitative estimate of drug-likeness (QED) is 0.241. The van der Waals surface area contributed by atoms with Crippen molar-refractivity contribution in [3.05, 3.63) is 44.3 Å². The number of carbonyl (C=O) groups is 1. The second-order valence-corrected chi connectivity index (χ2v) is 1.50. The molecule has 0 aliphatic heterocycles. The van der Waals surface area contributed by atoms with Crippen molar-refractivity contribution in [3.63, 3.8) is 0 Å². The maximum atomic E-state index is 10.2. The Morgan fingerprint density at radius 3 is 1.53 bits per heavy atom. The fourth-order valence-corrected chi connectivity index (χ4v) is 0.302. The minimum absolute atomic E-state index is 0. The molecule has 0 spiro atoms. The van der Waals surface area contributed by atoms with Crippen molar-refractivity contribution in [2.75, 3.05) is 0 Å². The van der Waals surface area contributed by atoms with Crippen molar-refractivity contribution in [2.24, 2.45) is 0 Å². The third-order valence-electron chi connectivity index (χ3n) is 0.634. The van der Waals surface area contributed by atoms with Gasteiger partial charge in [-0.15, -0.1) is 0 Å². The van der Waals surface area contributed by atoms with E-state index in [2.05, 4.69) is 20.0 Å². The molecule has 4 nitrogen and oxygen atoms in total. The molecular weight excluding hydrogens is 240 g/mol. The molecule has 5 heteroatoms. The third kappa shape index (κ3) is 101. The van der Waals surface area contributed by atoms with Gasteiger partial charge in [-0.1, -0.05) is 18.2 Å². The molecule has 0 saturated carbocycles. The maximum Gasteiger partial charge on any atom is 0 e. The van der Waals surface area contributed by atoms with Crippen molar-refractivity contribution < 1.29 is 35.8 Å². The molecule has 0 heterocycles. The summed E-state index contributed by atoms with van der Waals surface area (Å²) in [7, 11) is 0. The molecule has 0 aromatic heterocycles. The zero-order chi connectivity index (χ0) is 12.4. The Labute approximate surface area is 100 Å². The zero-order valence-electron chi connectivity index (χ0n) is 8.30. The average molecular weight is 250 g/mol. The van der Waals surface area contributed by atoms with E-state index in [4.69, 9.17) is 14.0 Å². The largest absolute Gasteiger partial charge is 0 e. The van der Waals surface area contributed by atoms with Gasteiger partial charge in [0.25, 0.3) is 0 Å². The van der Waals surface area contributed by atoms with Crippen LogP contribution in [0.1, 0.15) is 13.8 Å². The first-order chi connectivity index (χ1) is 6.77. The molecule has 0 N–H and O–H groups in total. The van der Waals surface area contributed by atoms with Crippen LogP contribution < -0.4 is 0 Å². The molecule has 0 bridgehead atoms. The third-order valence-corrected chi connectivity index (χ3v) is 0.634. The summed E-state index contributed by atoms with van der Waals surface area (Å²) in [6.45, 7) is 16.9. The van der Waals surface area contributed by atoms with Gasteiger partial charge >= 0.3 is 33.9 Å². The smallest absolute Gasteiger partial charge is 0 e. The second kappa shape index (κ2) is 52.5. The first-order valence-electron chi connectivity index (χ1n) is 3.18. The van der Waals surface area contributed by atoms with Crippen molar-refractivity contribution in [3.8, 4) is 0 Å². The molecule has 0 radical (unpaired) electrons. The normalized spacial score (nSPS) is 6.40. The van der Waals surface area contributed by atoms with E-state index in [1.54, 1.807) is 6.08 Å². The first kappa shape index (κ1) is 29.2. The molecule has 0 unspecified atom stereocenters. The number of allylic oxidation sites excluding steroid dienone is 4. The molecule has 0 aliphatic rings. The fourth-order valence-electron chi connectivity index (χ4n) is 0.302. The SMILES string of the molecule is C/C=C/C=C/C(C)=O.[C-]#[O+].[C-]#[O+].[C-]#[O+].[Fe]. The standard InChI is InChI=1S/C7H10O.3CO.Fe/c1-3-4-5-6-7(2)8;3*1-2;/h3-6H,1-2H3;;;;/b4-3+,6-5+;;;;. The monoisotopic (exact) mass is 250 g/mol. The van der Waals surface area contributed by atoms with Crippen LogP contribution in [0.15, 0.2) is 24.3 Å². The van der Waals surface area contributed by atoms with Gasteiger partial charge in [0.1, 0.15) is 0 Å². The predicted octanol–water partition coefficient (Wildman–Crippen LogP) is 1.59. The summed E-state index contributed by atoms with van der Waals surface area (Å²) in [5.41, 5.74) is 0. The predicted molar refractivity (Wildman–Crippen MR) is 46.4 cm³/mol. The van der Waals surface area contributed by atoms with Gasteiger partial charge in [0.2, 0.25) is 0 Å². The van der Waals surface area contributed by atoms with Gasteiger partial charge in [0.05, 0.1) is 0 Å². The van der Waals surface area contributed by atoms with Crippen molar-refractivity contribution in [2.45, 2.75) is 13.8 Å². The topological polar surface area (TPSA) is 76.8 Å². The van der Waals surface area contributed by atoms with Crippen molar-refractivity contribution in [1.29, 1.82) is 0 Å². The molecule has 0 atom stereocenters. The van der Waals surface area contributed by atoms with E-state index in [1.807, 2.05) is 19.1 Å². The number of ketones is 1. The van der Waals surface area contributed by atoms with Crippen LogP contribution in [0.3, 0.4) is 0 Å². The Hall–Kier alpha value is -1.11. The summed E-state index contributed by atoms with van der Waals surface area (Å²) >= 11 is 0. The maximum absolute atomic E-state index is 10.2. The van der Waals surface area contributed by atoms with Crippen molar-refractivity contribution in [1.82, 2.24) is 0 Å². The molecule has 0 amide bonds. The molecule has 0 aromatic carbocycles. The van der Waals surface area contributed by atoms with Crippen LogP contribution in [0, 0.1) is 20.0 Å². The minimum Gasteiger partial charge on any atom is 0 e. The molecule has 0 saturated heterocycles. The van der Waals surface area contributed by atoms with E-state index in [-0.39, 0.29) is 22.9 Å². The first-order valence-corrected chi connectivity index (χ1v) is 3.18. The Bertz CT molecular complexity index is 209. The van der Waals surface area contributed by atoms with Crippen LogP contribution in [0.2, 0.25) is 0 Å². The van der Waals surface area contributed by atoms with Gasteiger partial charge in [-0.25, -0.2) is 0 Å². The molecule has 15 heavy (non-hydrogen) atoms. The summed E-state index contributed by atoms with van der Waals surface area (Å²) in [5, 5.41) is 0. The fraction of sp³-hybridized carbons (Fsp3) is 0.200. The molecule has 82 valence electrons. The second-order valence-electron chi connectivity index (χ2n) is 1.50. The molecular formula is C10H10FeO4. The number of hydrogen-bond acceptors (Lipinski definition) is 1. The van der Waals surface area contributed by atoms with E-state index in [0.717, 1.165) is 0 Å². The Kier molecular flexibility index (Phi) is 102. The van der Waals surface area contributed by atoms with Crippen LogP contribution in [-0.2, 0) is 35.8 Å². The zero-order valence-corrected chi connectivity index (χ0v) is 9.40. The van der Waals surface area contributed by atoms with Gasteiger partial charge in [0.15, 0.2) is 5.78 Å². The summed E-state index contributed by atoms with van der Waals surface area (Å²) in [6, 6.07) is 0. The van der Waals surface area contributed by atoms with Gasteiger partial charge in [-0.2, -0.15) is 0 Å². The van der Waals surface area contributed by atoms with E-state index >= 15 is 0 Å². The Morgan fingerprint density at radius 2 is 1.33 bits per heavy atom. The van der Waals surface area contributed by atoms with E-state index in [1.165, 1.54) is 13.0 Å². The average Bonchev–Trinajstić information content (AvgIpc) is 2.27. The summed E-state index contributed by atoms with van der Waals surface area (Å²) in [6.07, 6.45) is 6.95. The molecule has 0 rings (SSSR count). The van der Waals surface area contributed by atoms with Crippen LogP contribution in [0.4, 0.5) is 0 Å². The molecule has 0 aromatic rings. The minimum atomic E-state index is 0. The summed E-state index contributed by atoms with van der Waals surface area (Å²) in [4.78, 5) is 10.2. The van der Waals surface area contributed by atoms with Gasteiger partial charge in [0, 0.05) is 17.1 Å². The Balaban J connectivity index is -0.0000000410. The Morgan fingerprint density at radius 1 is 1.00 bits per heavy atom. The van der Waals surface area contributed by atoms with Crippen LogP contribution in [0.25, 0.3) is 0 Å². The number of carbonyl (C=O) groups excluding carboxylic acids is 1. The summed E-state index contributed by atoms with van der Waals surface area (Å²) < 4.78 is 22.5. The van der Waals surface area contributed by atoms with Crippen LogP contribution in [-0.4, -0.2) is 5.78 Å². The van der Waals surface area contributed by atoms with Crippen LogP contribution in [0.5, 0.6) is 0 Å². The van der Waals surface area contributed by atoms with Gasteiger partial charge in [-0.05, 0) is 19.9 Å². The van der Waals surface area contributed by atoms with E-state index in [9.17, 15) is 4.79 Å². The van der Waals surface area contributed by atoms with Gasteiger partial charge < -0.3 is 0 Å². The van der Waals surface area contributed by atoms with E-state index < -0.39 is 0 Å². The van der Waals surface area contributed by atoms with E-state index in [0.29, 0.717) is 0 Å². The molecule has 0 fully saturated rings.